The summed E-state index contributed by atoms with van der Waals surface area (Å²) in [5.41, 5.74) is 0.107. The number of thiazole rings is 1. The second-order valence-corrected chi connectivity index (χ2v) is 6.91. The van der Waals surface area contributed by atoms with Crippen LogP contribution in [0.15, 0.2) is 34.6 Å². The van der Waals surface area contributed by atoms with E-state index in [1.165, 1.54) is 0 Å². The number of guanidine groups is 1. The van der Waals surface area contributed by atoms with Crippen LogP contribution in [0.5, 0.6) is 5.75 Å². The molecule has 1 heterocycles. The molecule has 2 aromatic rings. The summed E-state index contributed by atoms with van der Waals surface area (Å²) >= 11 is 0.962. The highest BCUT2D eigenvalue weighted by Crippen LogP contribution is 2.29. The van der Waals surface area contributed by atoms with Crippen molar-refractivity contribution in [2.24, 2.45) is 4.99 Å². The number of rotatable bonds is 10. The molecule has 0 aliphatic heterocycles. The molecule has 11 heteroatoms. The molecule has 0 aliphatic rings. The minimum absolute atomic E-state index is 0. The lowest BCUT2D eigenvalue weighted by Gasteiger charge is -2.12. The summed E-state index contributed by atoms with van der Waals surface area (Å²) < 4.78 is 48.5. The van der Waals surface area contributed by atoms with Crippen LogP contribution >= 0.6 is 35.3 Å². The van der Waals surface area contributed by atoms with E-state index >= 15 is 0 Å². The largest absolute Gasteiger partial charge is 0.497 e. The second-order valence-electron chi connectivity index (χ2n) is 5.97. The highest BCUT2D eigenvalue weighted by Gasteiger charge is 2.33. The van der Waals surface area contributed by atoms with Crippen molar-refractivity contribution < 1.29 is 22.6 Å². The molecule has 30 heavy (non-hydrogen) atoms. The van der Waals surface area contributed by atoms with Gasteiger partial charge in [0, 0.05) is 25.1 Å². The van der Waals surface area contributed by atoms with Crippen LogP contribution in [-0.2, 0) is 24.0 Å². The van der Waals surface area contributed by atoms with Crippen molar-refractivity contribution >= 4 is 41.3 Å². The van der Waals surface area contributed by atoms with Gasteiger partial charge in [-0.1, -0.05) is 12.1 Å². The van der Waals surface area contributed by atoms with Crippen LogP contribution in [0.4, 0.5) is 13.2 Å². The third-order valence-electron chi connectivity index (χ3n) is 3.79. The Hall–Kier alpha value is -1.60. The number of aromatic nitrogens is 1. The molecular weight excluding hydrogens is 532 g/mol. The van der Waals surface area contributed by atoms with E-state index < -0.39 is 11.9 Å². The summed E-state index contributed by atoms with van der Waals surface area (Å²) in [6.07, 6.45) is -3.65. The van der Waals surface area contributed by atoms with E-state index in [0.29, 0.717) is 37.3 Å². The molecule has 0 fully saturated rings. The Balaban J connectivity index is 0.00000450. The fourth-order valence-electron chi connectivity index (χ4n) is 2.28. The zero-order valence-corrected chi connectivity index (χ0v) is 19.9. The molecule has 2 N–H and O–H groups in total. The van der Waals surface area contributed by atoms with Crippen LogP contribution in [0, 0.1) is 0 Å². The smallest absolute Gasteiger partial charge is 0.434 e. The van der Waals surface area contributed by atoms with Crippen molar-refractivity contribution in [3.8, 4) is 5.75 Å². The number of methoxy groups -OCH3 is 1. The van der Waals surface area contributed by atoms with Gasteiger partial charge in [0.25, 0.3) is 0 Å². The van der Waals surface area contributed by atoms with E-state index in [2.05, 4.69) is 20.6 Å². The minimum atomic E-state index is -4.43. The first-order valence-electron chi connectivity index (χ1n) is 9.16. The van der Waals surface area contributed by atoms with Gasteiger partial charge >= 0.3 is 6.18 Å². The monoisotopic (exact) mass is 558 g/mol. The highest BCUT2D eigenvalue weighted by molar-refractivity contribution is 14.0. The Morgan fingerprint density at radius 3 is 2.53 bits per heavy atom. The SMILES string of the molecule is CCOCCCNC(=NCc1ccc(OC)cc1)NCc1nc(C(F)(F)F)cs1.I. The number of nitrogens with zero attached hydrogens (tertiary/aromatic N) is 2. The summed E-state index contributed by atoms with van der Waals surface area (Å²) in [5, 5.41) is 7.56. The molecule has 0 aliphatic carbocycles. The van der Waals surface area contributed by atoms with Crippen molar-refractivity contribution in [3.63, 3.8) is 0 Å². The first-order chi connectivity index (χ1) is 13.9. The number of alkyl halides is 3. The van der Waals surface area contributed by atoms with Gasteiger partial charge < -0.3 is 20.1 Å². The Labute approximate surface area is 195 Å². The average molecular weight is 558 g/mol. The standard InChI is InChI=1S/C19H25F3N4O2S.HI/c1-3-28-10-4-9-23-18(24-11-14-5-7-15(27-2)8-6-14)25-12-17-26-16(13-29-17)19(20,21)22;/h5-8,13H,3-4,9-12H2,1-2H3,(H2,23,24,25);1H. The molecule has 0 saturated carbocycles. The molecule has 0 saturated heterocycles. The highest BCUT2D eigenvalue weighted by atomic mass is 127. The fourth-order valence-corrected chi connectivity index (χ4v) is 3.02. The number of hydrogen-bond donors (Lipinski definition) is 2. The van der Waals surface area contributed by atoms with Crippen molar-refractivity contribution in [2.75, 3.05) is 26.9 Å². The van der Waals surface area contributed by atoms with Gasteiger partial charge in [-0.05, 0) is 31.0 Å². The molecule has 0 atom stereocenters. The zero-order chi connectivity index (χ0) is 21.1. The molecule has 0 unspecified atom stereocenters. The number of nitrogens with one attached hydrogen (secondary N) is 2. The predicted octanol–water partition coefficient (Wildman–Crippen LogP) is 4.45. The van der Waals surface area contributed by atoms with E-state index in [1.54, 1.807) is 7.11 Å². The number of benzene rings is 1. The van der Waals surface area contributed by atoms with Gasteiger partial charge in [0.2, 0.25) is 0 Å². The Morgan fingerprint density at radius 2 is 1.93 bits per heavy atom. The predicted molar refractivity (Wildman–Crippen MR) is 123 cm³/mol. The van der Waals surface area contributed by atoms with Crippen LogP contribution in [-0.4, -0.2) is 37.8 Å². The zero-order valence-electron chi connectivity index (χ0n) is 16.8. The van der Waals surface area contributed by atoms with Gasteiger partial charge in [0.1, 0.15) is 10.8 Å². The Morgan fingerprint density at radius 1 is 1.20 bits per heavy atom. The quantitative estimate of drug-likeness (QED) is 0.195. The van der Waals surface area contributed by atoms with Crippen molar-refractivity contribution in [2.45, 2.75) is 32.6 Å². The molecule has 0 spiro atoms. The lowest BCUT2D eigenvalue weighted by Crippen LogP contribution is -2.37. The molecule has 0 bridgehead atoms. The van der Waals surface area contributed by atoms with Crippen LogP contribution in [0.2, 0.25) is 0 Å². The second kappa shape index (κ2) is 13.7. The molecule has 1 aromatic heterocycles. The number of aliphatic imine (C=N–C) groups is 1. The van der Waals surface area contributed by atoms with Crippen LogP contribution in [0.1, 0.15) is 29.6 Å². The van der Waals surface area contributed by atoms with Crippen molar-refractivity contribution in [1.82, 2.24) is 15.6 Å². The normalized spacial score (nSPS) is 11.7. The molecule has 1 aromatic carbocycles. The summed E-state index contributed by atoms with van der Waals surface area (Å²) in [7, 11) is 1.60. The van der Waals surface area contributed by atoms with Crippen molar-refractivity contribution in [3.05, 3.63) is 45.9 Å². The van der Waals surface area contributed by atoms with Gasteiger partial charge in [0.05, 0.1) is 20.2 Å². The van der Waals surface area contributed by atoms with E-state index in [4.69, 9.17) is 9.47 Å². The average Bonchev–Trinajstić information content (AvgIpc) is 3.19. The Bertz CT molecular complexity index is 770. The van der Waals surface area contributed by atoms with Crippen LogP contribution in [0.25, 0.3) is 0 Å². The molecule has 0 amide bonds. The Kier molecular flexibility index (Phi) is 12.0. The lowest BCUT2D eigenvalue weighted by atomic mass is 10.2. The molecule has 2 rings (SSSR count). The van der Waals surface area contributed by atoms with E-state index in [-0.39, 0.29) is 30.5 Å². The summed E-state index contributed by atoms with van der Waals surface area (Å²) in [5.74, 6) is 1.26. The third kappa shape index (κ3) is 9.47. The maximum absolute atomic E-state index is 12.7. The summed E-state index contributed by atoms with van der Waals surface area (Å²) in [4.78, 5) is 8.13. The van der Waals surface area contributed by atoms with Crippen LogP contribution < -0.4 is 15.4 Å². The van der Waals surface area contributed by atoms with Gasteiger partial charge in [-0.25, -0.2) is 9.98 Å². The molecule has 0 radical (unpaired) electrons. The van der Waals surface area contributed by atoms with Gasteiger partial charge in [-0.15, -0.1) is 35.3 Å². The molecular formula is C19H26F3IN4O2S. The van der Waals surface area contributed by atoms with Gasteiger partial charge in [-0.2, -0.15) is 13.2 Å². The maximum Gasteiger partial charge on any atom is 0.434 e. The molecule has 168 valence electrons. The minimum Gasteiger partial charge on any atom is -0.497 e. The topological polar surface area (TPSA) is 67.8 Å². The van der Waals surface area contributed by atoms with E-state index in [1.807, 2.05) is 31.2 Å². The van der Waals surface area contributed by atoms with E-state index in [0.717, 1.165) is 34.5 Å². The summed E-state index contributed by atoms with van der Waals surface area (Å²) in [6, 6.07) is 7.51. The van der Waals surface area contributed by atoms with Gasteiger partial charge in [0.15, 0.2) is 11.7 Å². The first kappa shape index (κ1) is 26.4. The third-order valence-corrected chi connectivity index (χ3v) is 4.64. The molecule has 6 nitrogen and oxygen atoms in total. The van der Waals surface area contributed by atoms with Crippen molar-refractivity contribution in [1.29, 1.82) is 0 Å². The number of halogens is 4. The summed E-state index contributed by atoms with van der Waals surface area (Å²) in [6.45, 7) is 4.40. The van der Waals surface area contributed by atoms with Gasteiger partial charge in [-0.3, -0.25) is 0 Å². The van der Waals surface area contributed by atoms with E-state index in [9.17, 15) is 13.2 Å². The maximum atomic E-state index is 12.7. The first-order valence-corrected chi connectivity index (χ1v) is 10.0. The fraction of sp³-hybridized carbons (Fsp3) is 0.474. The van der Waals surface area contributed by atoms with Crippen LogP contribution in [0.3, 0.4) is 0 Å². The lowest BCUT2D eigenvalue weighted by molar-refractivity contribution is -0.140. The number of hydrogen-bond acceptors (Lipinski definition) is 5. The number of ether oxygens (including phenoxy) is 2.